The van der Waals surface area contributed by atoms with Crippen molar-refractivity contribution in [3.63, 3.8) is 0 Å². The molecule has 1 aromatic carbocycles. The highest BCUT2D eigenvalue weighted by atomic mass is 127. The van der Waals surface area contributed by atoms with Crippen molar-refractivity contribution >= 4 is 29.9 Å². The Hall–Kier alpha value is -1.64. The van der Waals surface area contributed by atoms with Crippen LogP contribution in [0.5, 0.6) is 0 Å². The lowest BCUT2D eigenvalue weighted by Gasteiger charge is -2.22. The number of guanidine groups is 1. The normalized spacial score (nSPS) is 11.0. The maximum absolute atomic E-state index is 12.9. The topological polar surface area (TPSA) is 45.5 Å². The van der Waals surface area contributed by atoms with Crippen molar-refractivity contribution < 1.29 is 4.39 Å². The molecule has 0 fully saturated rings. The second-order valence-corrected chi connectivity index (χ2v) is 4.83. The molecule has 0 unspecified atom stereocenters. The summed E-state index contributed by atoms with van der Waals surface area (Å²) < 4.78 is 14.7. The Morgan fingerprint density at radius 3 is 2.55 bits per heavy atom. The molecule has 5 nitrogen and oxygen atoms in total. The highest BCUT2D eigenvalue weighted by molar-refractivity contribution is 14.0. The fourth-order valence-electron chi connectivity index (χ4n) is 2.07. The first kappa shape index (κ1) is 18.4. The number of aliphatic imine (C=N–C) groups is 1. The number of aryl methyl sites for hydroxylation is 1. The van der Waals surface area contributed by atoms with Crippen LogP contribution in [0.3, 0.4) is 0 Å². The molecular weight excluding hydrogens is 396 g/mol. The van der Waals surface area contributed by atoms with Crippen molar-refractivity contribution in [1.82, 2.24) is 20.0 Å². The van der Waals surface area contributed by atoms with E-state index in [1.54, 1.807) is 25.4 Å². The maximum atomic E-state index is 12.9. The summed E-state index contributed by atoms with van der Waals surface area (Å²) in [7, 11) is 5.59. The molecule has 0 saturated heterocycles. The first-order valence-electron chi connectivity index (χ1n) is 6.73. The average Bonchev–Trinajstić information content (AvgIpc) is 2.88. The molecule has 1 N–H and O–H groups in total. The minimum Gasteiger partial charge on any atom is -0.351 e. The van der Waals surface area contributed by atoms with Gasteiger partial charge in [0.1, 0.15) is 5.82 Å². The Balaban J connectivity index is 0.00000242. The van der Waals surface area contributed by atoms with Gasteiger partial charge in [0, 0.05) is 33.9 Å². The molecule has 0 spiro atoms. The van der Waals surface area contributed by atoms with Crippen LogP contribution >= 0.6 is 24.0 Å². The minimum absolute atomic E-state index is 0. The van der Waals surface area contributed by atoms with Crippen LogP contribution in [0.2, 0.25) is 0 Å². The van der Waals surface area contributed by atoms with E-state index < -0.39 is 0 Å². The zero-order valence-corrected chi connectivity index (χ0v) is 15.3. The van der Waals surface area contributed by atoms with E-state index in [0.29, 0.717) is 13.1 Å². The predicted octanol–water partition coefficient (Wildman–Crippen LogP) is 2.38. The Bertz CT molecular complexity index is 609. The molecule has 0 bridgehead atoms. The van der Waals surface area contributed by atoms with Crippen LogP contribution in [0.15, 0.2) is 41.5 Å². The van der Waals surface area contributed by atoms with Gasteiger partial charge in [0.2, 0.25) is 0 Å². The van der Waals surface area contributed by atoms with Gasteiger partial charge in [-0.25, -0.2) is 4.39 Å². The van der Waals surface area contributed by atoms with Crippen molar-refractivity contribution in [1.29, 1.82) is 0 Å². The van der Waals surface area contributed by atoms with Gasteiger partial charge in [0.25, 0.3) is 0 Å². The summed E-state index contributed by atoms with van der Waals surface area (Å²) in [4.78, 5) is 6.25. The van der Waals surface area contributed by atoms with Crippen molar-refractivity contribution in [2.75, 3.05) is 14.1 Å². The zero-order chi connectivity index (χ0) is 15.2. The summed E-state index contributed by atoms with van der Waals surface area (Å²) in [5.41, 5.74) is 2.11. The number of hydrogen-bond acceptors (Lipinski definition) is 2. The largest absolute Gasteiger partial charge is 0.351 e. The van der Waals surface area contributed by atoms with Gasteiger partial charge in [-0.05, 0) is 23.8 Å². The lowest BCUT2D eigenvalue weighted by molar-refractivity contribution is 0.474. The second-order valence-electron chi connectivity index (χ2n) is 4.83. The van der Waals surface area contributed by atoms with Crippen LogP contribution in [0, 0.1) is 5.82 Å². The first-order valence-corrected chi connectivity index (χ1v) is 6.73. The molecule has 2 rings (SSSR count). The molecule has 0 aliphatic heterocycles. The van der Waals surface area contributed by atoms with E-state index in [1.807, 2.05) is 29.7 Å². The van der Waals surface area contributed by atoms with Crippen LogP contribution < -0.4 is 5.32 Å². The van der Waals surface area contributed by atoms with E-state index in [2.05, 4.69) is 15.4 Å². The standard InChI is InChI=1S/C15H20FN5.HI/c1-17-15(18-10-14-8-9-19-21(14)3)20(2)11-12-4-6-13(16)7-5-12;/h4-9H,10-11H2,1-3H3,(H,17,18);1H. The maximum Gasteiger partial charge on any atom is 0.194 e. The minimum atomic E-state index is -0.222. The van der Waals surface area contributed by atoms with E-state index in [9.17, 15) is 4.39 Å². The van der Waals surface area contributed by atoms with Crippen LogP contribution in [0.4, 0.5) is 4.39 Å². The summed E-state index contributed by atoms with van der Waals surface area (Å²) in [5.74, 6) is 0.556. The Morgan fingerprint density at radius 2 is 2.00 bits per heavy atom. The molecule has 7 heteroatoms. The molecule has 2 aromatic rings. The molecule has 0 amide bonds. The molecule has 0 aliphatic carbocycles. The van der Waals surface area contributed by atoms with Crippen molar-refractivity contribution in [3.05, 3.63) is 53.6 Å². The van der Waals surface area contributed by atoms with Crippen LogP contribution in [0.25, 0.3) is 0 Å². The molecule has 1 aromatic heterocycles. The monoisotopic (exact) mass is 417 g/mol. The van der Waals surface area contributed by atoms with E-state index in [1.165, 1.54) is 12.1 Å². The van der Waals surface area contributed by atoms with Crippen molar-refractivity contribution in [2.24, 2.45) is 12.0 Å². The lowest BCUT2D eigenvalue weighted by Crippen LogP contribution is -2.38. The SMILES string of the molecule is CN=C(NCc1ccnn1C)N(C)Cc1ccc(F)cc1.I. The molecule has 22 heavy (non-hydrogen) atoms. The Labute approximate surface area is 147 Å². The molecule has 120 valence electrons. The summed E-state index contributed by atoms with van der Waals surface area (Å²) in [5, 5.41) is 7.41. The van der Waals surface area contributed by atoms with Gasteiger partial charge in [-0.3, -0.25) is 9.67 Å². The van der Waals surface area contributed by atoms with Gasteiger partial charge in [-0.2, -0.15) is 5.10 Å². The summed E-state index contributed by atoms with van der Waals surface area (Å²) in [6, 6.07) is 8.45. The van der Waals surface area contributed by atoms with Gasteiger partial charge in [-0.1, -0.05) is 12.1 Å². The number of nitrogens with one attached hydrogen (secondary N) is 1. The summed E-state index contributed by atoms with van der Waals surface area (Å²) in [6.07, 6.45) is 1.77. The number of halogens is 2. The lowest BCUT2D eigenvalue weighted by atomic mass is 10.2. The quantitative estimate of drug-likeness (QED) is 0.472. The molecule has 0 radical (unpaired) electrons. The van der Waals surface area contributed by atoms with Crippen LogP contribution in [-0.2, 0) is 20.1 Å². The molecule has 0 atom stereocenters. The van der Waals surface area contributed by atoms with E-state index in [0.717, 1.165) is 17.2 Å². The summed E-state index contributed by atoms with van der Waals surface area (Å²) >= 11 is 0. The van der Waals surface area contributed by atoms with Crippen molar-refractivity contribution in [3.8, 4) is 0 Å². The first-order chi connectivity index (χ1) is 10.1. The number of benzene rings is 1. The van der Waals surface area contributed by atoms with Crippen LogP contribution in [0.1, 0.15) is 11.3 Å². The van der Waals surface area contributed by atoms with Gasteiger partial charge in [0.15, 0.2) is 5.96 Å². The second kappa shape index (κ2) is 8.72. The van der Waals surface area contributed by atoms with Gasteiger partial charge >= 0.3 is 0 Å². The van der Waals surface area contributed by atoms with E-state index in [-0.39, 0.29) is 29.8 Å². The number of aromatic nitrogens is 2. The van der Waals surface area contributed by atoms with Crippen molar-refractivity contribution in [2.45, 2.75) is 13.1 Å². The predicted molar refractivity (Wildman–Crippen MR) is 96.7 cm³/mol. The summed E-state index contributed by atoms with van der Waals surface area (Å²) in [6.45, 7) is 1.31. The number of hydrogen-bond donors (Lipinski definition) is 1. The zero-order valence-electron chi connectivity index (χ0n) is 13.0. The van der Waals surface area contributed by atoms with E-state index >= 15 is 0 Å². The van der Waals surface area contributed by atoms with Gasteiger partial charge < -0.3 is 10.2 Å². The van der Waals surface area contributed by atoms with Gasteiger partial charge in [0.05, 0.1) is 12.2 Å². The highest BCUT2D eigenvalue weighted by Crippen LogP contribution is 2.06. The smallest absolute Gasteiger partial charge is 0.194 e. The molecular formula is C15H21FIN5. The Kier molecular flexibility index (Phi) is 7.30. The fraction of sp³-hybridized carbons (Fsp3) is 0.333. The van der Waals surface area contributed by atoms with Gasteiger partial charge in [-0.15, -0.1) is 24.0 Å². The molecule has 1 heterocycles. The Morgan fingerprint density at radius 1 is 1.32 bits per heavy atom. The number of rotatable bonds is 4. The number of nitrogens with zero attached hydrogens (tertiary/aromatic N) is 4. The third-order valence-electron chi connectivity index (χ3n) is 3.26. The average molecular weight is 417 g/mol. The van der Waals surface area contributed by atoms with Crippen LogP contribution in [-0.4, -0.2) is 34.7 Å². The van der Waals surface area contributed by atoms with E-state index in [4.69, 9.17) is 0 Å². The highest BCUT2D eigenvalue weighted by Gasteiger charge is 2.07. The third-order valence-corrected chi connectivity index (χ3v) is 3.26. The fourth-order valence-corrected chi connectivity index (χ4v) is 2.07. The molecule has 0 aliphatic rings. The molecule has 0 saturated carbocycles. The third kappa shape index (κ3) is 4.97.